The maximum Gasteiger partial charge on any atom is 0.208 e. The first-order chi connectivity index (χ1) is 11.2. The second kappa shape index (κ2) is 6.20. The first-order valence-corrected chi connectivity index (χ1v) is 11.0. The number of pyridine rings is 1. The average molecular weight is 325 g/mol. The van der Waals surface area contributed by atoms with Crippen molar-refractivity contribution in [1.29, 1.82) is 0 Å². The number of benzene rings is 1. The molecular weight excluding hydrogens is 302 g/mol. The van der Waals surface area contributed by atoms with Crippen LogP contribution in [0.4, 0.5) is 0 Å². The van der Waals surface area contributed by atoms with E-state index in [1.165, 1.54) is 0 Å². The number of H-pyrrole nitrogens is 1. The van der Waals surface area contributed by atoms with Gasteiger partial charge in [0.2, 0.25) is 5.71 Å². The summed E-state index contributed by atoms with van der Waals surface area (Å²) >= 11 is 0. The van der Waals surface area contributed by atoms with Crippen LogP contribution < -0.4 is 10.8 Å². The largest absolute Gasteiger partial charge is 0.449 e. The van der Waals surface area contributed by atoms with Crippen LogP contribution in [0.3, 0.4) is 0 Å². The molecular formula is C19H23NO2Si. The van der Waals surface area contributed by atoms with Gasteiger partial charge in [0.1, 0.15) is 8.07 Å². The number of furan rings is 1. The Bertz CT molecular complexity index is 852. The summed E-state index contributed by atoms with van der Waals surface area (Å²) in [6, 6.07) is 15.1. The summed E-state index contributed by atoms with van der Waals surface area (Å²) in [5, 5.41) is 1.77. The molecule has 3 nitrogen and oxygen atoms in total. The summed E-state index contributed by atoms with van der Waals surface area (Å²) in [6.45, 7) is 6.76. The molecule has 2 aromatic heterocycles. The summed E-state index contributed by atoms with van der Waals surface area (Å²) in [7, 11) is -1.75. The van der Waals surface area contributed by atoms with E-state index in [1.807, 2.05) is 18.2 Å². The van der Waals surface area contributed by atoms with Crippen molar-refractivity contribution in [3.63, 3.8) is 0 Å². The molecule has 0 aliphatic carbocycles. The smallest absolute Gasteiger partial charge is 0.208 e. The van der Waals surface area contributed by atoms with Gasteiger partial charge in [0.05, 0.1) is 10.8 Å². The third-order valence-electron chi connectivity index (χ3n) is 5.18. The molecule has 0 amide bonds. The molecule has 0 spiro atoms. The van der Waals surface area contributed by atoms with Crippen molar-refractivity contribution in [2.24, 2.45) is 0 Å². The maximum atomic E-state index is 12.5. The van der Waals surface area contributed by atoms with Crippen molar-refractivity contribution in [2.45, 2.75) is 38.9 Å². The van der Waals surface area contributed by atoms with Gasteiger partial charge in [0.15, 0.2) is 5.43 Å². The number of aromatic nitrogens is 1. The van der Waals surface area contributed by atoms with Gasteiger partial charge in [-0.15, -0.1) is 0 Å². The molecule has 120 valence electrons. The Morgan fingerprint density at radius 1 is 1.00 bits per heavy atom. The average Bonchev–Trinajstić information content (AvgIpc) is 2.99. The highest BCUT2D eigenvalue weighted by molar-refractivity contribution is 6.92. The summed E-state index contributed by atoms with van der Waals surface area (Å²) in [5.41, 5.74) is 2.72. The molecule has 0 aliphatic heterocycles. The fourth-order valence-corrected chi connectivity index (χ4v) is 7.11. The zero-order chi connectivity index (χ0) is 16.4. The standard InChI is InChI=1S/C19H23NO2Si/c1-4-23(5-2,6-3)19-16(14-10-8-7-9-11-14)17-15(21)12-13-20-18(17)22-19/h7-13H,4-6H2,1-3H3,(H,20,21). The van der Waals surface area contributed by atoms with Gasteiger partial charge >= 0.3 is 0 Å². The zero-order valence-corrected chi connectivity index (χ0v) is 15.0. The quantitative estimate of drug-likeness (QED) is 0.702. The number of hydrogen-bond acceptors (Lipinski definition) is 2. The van der Waals surface area contributed by atoms with Crippen molar-refractivity contribution in [3.05, 3.63) is 52.8 Å². The molecule has 4 heteroatoms. The van der Waals surface area contributed by atoms with Crippen molar-refractivity contribution >= 4 is 24.6 Å². The van der Waals surface area contributed by atoms with Crippen molar-refractivity contribution < 1.29 is 4.42 Å². The molecule has 0 saturated heterocycles. The van der Waals surface area contributed by atoms with Crippen LogP contribution >= 0.6 is 0 Å². The lowest BCUT2D eigenvalue weighted by Gasteiger charge is -2.26. The minimum atomic E-state index is -1.75. The van der Waals surface area contributed by atoms with Crippen LogP contribution in [0.5, 0.6) is 0 Å². The molecule has 0 atom stereocenters. The molecule has 3 aromatic rings. The molecule has 0 bridgehead atoms. The van der Waals surface area contributed by atoms with Crippen LogP contribution in [-0.4, -0.2) is 13.1 Å². The van der Waals surface area contributed by atoms with E-state index in [1.54, 1.807) is 12.3 Å². The molecule has 0 radical (unpaired) electrons. The summed E-state index contributed by atoms with van der Waals surface area (Å²) in [5.74, 6) is 0. The number of aromatic amines is 1. The van der Waals surface area contributed by atoms with Crippen LogP contribution in [-0.2, 0) is 0 Å². The van der Waals surface area contributed by atoms with E-state index in [0.717, 1.165) is 34.6 Å². The van der Waals surface area contributed by atoms with Gasteiger partial charge in [-0.1, -0.05) is 69.2 Å². The van der Waals surface area contributed by atoms with Gasteiger partial charge in [0, 0.05) is 17.8 Å². The van der Waals surface area contributed by atoms with Gasteiger partial charge in [0.25, 0.3) is 0 Å². The van der Waals surface area contributed by atoms with E-state index in [-0.39, 0.29) is 5.43 Å². The fourth-order valence-electron chi connectivity index (χ4n) is 3.53. The molecule has 0 aliphatic rings. The highest BCUT2D eigenvalue weighted by Gasteiger charge is 2.37. The molecule has 2 heterocycles. The Hall–Kier alpha value is -2.07. The number of hydrogen-bond donors (Lipinski definition) is 1. The molecule has 0 saturated carbocycles. The monoisotopic (exact) mass is 325 g/mol. The minimum absolute atomic E-state index is 0.0267. The van der Waals surface area contributed by atoms with Crippen LogP contribution in [0.2, 0.25) is 18.1 Å². The predicted molar refractivity (Wildman–Crippen MR) is 99.1 cm³/mol. The number of rotatable bonds is 5. The van der Waals surface area contributed by atoms with Gasteiger partial charge < -0.3 is 9.40 Å². The Labute approximate surface area is 137 Å². The van der Waals surface area contributed by atoms with Crippen LogP contribution in [0.15, 0.2) is 51.8 Å². The highest BCUT2D eigenvalue weighted by atomic mass is 28.3. The molecule has 1 aromatic carbocycles. The fraction of sp³-hybridized carbons (Fsp3) is 0.316. The van der Waals surface area contributed by atoms with E-state index in [2.05, 4.69) is 37.9 Å². The molecule has 1 N–H and O–H groups in total. The Morgan fingerprint density at radius 2 is 1.65 bits per heavy atom. The van der Waals surface area contributed by atoms with Crippen molar-refractivity contribution in [1.82, 2.24) is 4.98 Å². The summed E-state index contributed by atoms with van der Waals surface area (Å²) < 4.78 is 6.28. The normalized spacial score (nSPS) is 12.0. The minimum Gasteiger partial charge on any atom is -0.449 e. The summed E-state index contributed by atoms with van der Waals surface area (Å²) in [6.07, 6.45) is 1.67. The lowest BCUT2D eigenvalue weighted by Crippen LogP contribution is -2.46. The predicted octanol–water partition coefficient (Wildman–Crippen LogP) is 4.50. The number of nitrogens with one attached hydrogen (secondary N) is 1. The molecule has 3 rings (SSSR count). The summed E-state index contributed by atoms with van der Waals surface area (Å²) in [4.78, 5) is 15.6. The Kier molecular flexibility index (Phi) is 4.26. The van der Waals surface area contributed by atoms with E-state index >= 15 is 0 Å². The molecule has 0 fully saturated rings. The topological polar surface area (TPSA) is 46.0 Å². The zero-order valence-electron chi connectivity index (χ0n) is 14.0. The lowest BCUT2D eigenvalue weighted by molar-refractivity contribution is 0.632. The Morgan fingerprint density at radius 3 is 2.26 bits per heavy atom. The van der Waals surface area contributed by atoms with Crippen molar-refractivity contribution in [3.8, 4) is 11.1 Å². The highest BCUT2D eigenvalue weighted by Crippen LogP contribution is 2.32. The van der Waals surface area contributed by atoms with E-state index in [0.29, 0.717) is 11.1 Å². The van der Waals surface area contributed by atoms with E-state index in [4.69, 9.17) is 4.42 Å². The molecule has 23 heavy (non-hydrogen) atoms. The van der Waals surface area contributed by atoms with E-state index < -0.39 is 8.07 Å². The van der Waals surface area contributed by atoms with Crippen LogP contribution in [0.1, 0.15) is 20.8 Å². The van der Waals surface area contributed by atoms with Gasteiger partial charge in [-0.3, -0.25) is 4.79 Å². The lowest BCUT2D eigenvalue weighted by atomic mass is 10.1. The van der Waals surface area contributed by atoms with Crippen molar-refractivity contribution in [2.75, 3.05) is 0 Å². The van der Waals surface area contributed by atoms with Crippen LogP contribution in [0.25, 0.3) is 22.2 Å². The van der Waals surface area contributed by atoms with Crippen LogP contribution in [0, 0.1) is 0 Å². The SMILES string of the molecule is CC[Si](CC)(CC)c1oc2[nH]ccc(=O)c2c1-c1ccccc1. The third kappa shape index (κ3) is 2.47. The molecule has 0 unspecified atom stereocenters. The second-order valence-electron chi connectivity index (χ2n) is 6.06. The van der Waals surface area contributed by atoms with E-state index in [9.17, 15) is 4.79 Å². The maximum absolute atomic E-state index is 12.5. The van der Waals surface area contributed by atoms with Gasteiger partial charge in [-0.2, -0.15) is 0 Å². The third-order valence-corrected chi connectivity index (χ3v) is 10.6. The first-order valence-electron chi connectivity index (χ1n) is 8.37. The van der Waals surface area contributed by atoms with Gasteiger partial charge in [-0.25, -0.2) is 0 Å². The van der Waals surface area contributed by atoms with Gasteiger partial charge in [-0.05, 0) is 5.56 Å². The Balaban J connectivity index is 2.43. The first kappa shape index (κ1) is 15.8. The number of fused-ring (bicyclic) bond motifs is 1. The second-order valence-corrected chi connectivity index (χ2v) is 11.2.